The number of nitrogens with zero attached hydrogens (tertiary/aromatic N) is 1. The molecule has 0 aliphatic heterocycles. The Morgan fingerprint density at radius 2 is 1.86 bits per heavy atom. The summed E-state index contributed by atoms with van der Waals surface area (Å²) in [4.78, 5) is 4.59. The fourth-order valence-electron chi connectivity index (χ4n) is 1.93. The topological polar surface area (TPSA) is 45.7 Å². The first-order chi connectivity index (χ1) is 10.5. The highest BCUT2D eigenvalue weighted by atomic mass is 16.5. The van der Waals surface area contributed by atoms with Crippen LogP contribution in [0.25, 0.3) is 0 Å². The maximum Gasteiger partial charge on any atom is 0.191 e. The first kappa shape index (κ1) is 18.5. The zero-order valence-corrected chi connectivity index (χ0v) is 14.5. The van der Waals surface area contributed by atoms with Crippen molar-refractivity contribution in [3.8, 4) is 0 Å². The summed E-state index contributed by atoms with van der Waals surface area (Å²) < 4.78 is 5.68. The van der Waals surface area contributed by atoms with E-state index < -0.39 is 0 Å². The van der Waals surface area contributed by atoms with E-state index >= 15 is 0 Å². The Balaban J connectivity index is 2.15. The van der Waals surface area contributed by atoms with E-state index in [1.165, 1.54) is 5.56 Å². The number of ether oxygens (including phenoxy) is 1. The predicted molar refractivity (Wildman–Crippen MR) is 94.2 cm³/mol. The van der Waals surface area contributed by atoms with Gasteiger partial charge in [0.05, 0.1) is 6.61 Å². The van der Waals surface area contributed by atoms with Gasteiger partial charge in [-0.15, -0.1) is 0 Å². The number of nitrogens with one attached hydrogen (secondary N) is 2. The average Bonchev–Trinajstić information content (AvgIpc) is 2.46. The number of hydrogen-bond acceptors (Lipinski definition) is 2. The van der Waals surface area contributed by atoms with Crippen LogP contribution in [0.5, 0.6) is 0 Å². The Kier molecular flexibility index (Phi) is 8.60. The maximum absolute atomic E-state index is 5.68. The van der Waals surface area contributed by atoms with E-state index in [2.05, 4.69) is 55.5 Å². The van der Waals surface area contributed by atoms with E-state index in [0.29, 0.717) is 6.61 Å². The molecule has 0 aliphatic carbocycles. The minimum absolute atomic E-state index is 0.0276. The van der Waals surface area contributed by atoms with Crippen molar-refractivity contribution in [1.82, 2.24) is 10.6 Å². The minimum Gasteiger partial charge on any atom is -0.377 e. The lowest BCUT2D eigenvalue weighted by Gasteiger charge is -2.23. The predicted octanol–water partition coefficient (Wildman–Crippen LogP) is 3.34. The molecule has 22 heavy (non-hydrogen) atoms. The maximum atomic E-state index is 5.68. The smallest absolute Gasteiger partial charge is 0.191 e. The van der Waals surface area contributed by atoms with Crippen molar-refractivity contribution in [2.75, 3.05) is 19.7 Å². The number of benzene rings is 1. The molecule has 4 heteroatoms. The Morgan fingerprint density at radius 3 is 2.50 bits per heavy atom. The molecule has 1 aromatic rings. The monoisotopic (exact) mass is 305 g/mol. The van der Waals surface area contributed by atoms with Crippen LogP contribution in [-0.2, 0) is 11.3 Å². The van der Waals surface area contributed by atoms with Crippen molar-refractivity contribution in [2.45, 2.75) is 52.7 Å². The van der Waals surface area contributed by atoms with Gasteiger partial charge in [0.1, 0.15) is 0 Å². The zero-order valence-electron chi connectivity index (χ0n) is 14.5. The van der Waals surface area contributed by atoms with Crippen LogP contribution in [0.3, 0.4) is 0 Å². The molecule has 4 nitrogen and oxygen atoms in total. The van der Waals surface area contributed by atoms with Gasteiger partial charge in [-0.3, -0.25) is 4.99 Å². The molecule has 0 atom stereocenters. The van der Waals surface area contributed by atoms with Gasteiger partial charge < -0.3 is 15.4 Å². The van der Waals surface area contributed by atoms with Crippen molar-refractivity contribution in [1.29, 1.82) is 0 Å². The van der Waals surface area contributed by atoms with Crippen LogP contribution in [0.2, 0.25) is 0 Å². The third-order valence-electron chi connectivity index (χ3n) is 2.92. The minimum atomic E-state index is 0.0276. The molecule has 0 aromatic heterocycles. The van der Waals surface area contributed by atoms with Gasteiger partial charge in [0.15, 0.2) is 5.96 Å². The second-order valence-corrected chi connectivity index (χ2v) is 6.38. The van der Waals surface area contributed by atoms with E-state index in [1.807, 2.05) is 18.2 Å². The Morgan fingerprint density at radius 1 is 1.14 bits per heavy atom. The molecule has 0 bridgehead atoms. The molecule has 0 amide bonds. The van der Waals surface area contributed by atoms with Gasteiger partial charge in [-0.25, -0.2) is 0 Å². The van der Waals surface area contributed by atoms with Crippen LogP contribution < -0.4 is 10.6 Å². The second kappa shape index (κ2) is 10.2. The van der Waals surface area contributed by atoms with E-state index in [-0.39, 0.29) is 5.54 Å². The lowest BCUT2D eigenvalue weighted by Crippen LogP contribution is -2.47. The van der Waals surface area contributed by atoms with Crippen LogP contribution in [0.15, 0.2) is 35.3 Å². The van der Waals surface area contributed by atoms with Crippen molar-refractivity contribution in [2.24, 2.45) is 4.99 Å². The van der Waals surface area contributed by atoms with Crippen LogP contribution in [0.4, 0.5) is 0 Å². The molecule has 0 saturated carbocycles. The zero-order chi connectivity index (χ0) is 16.3. The fraction of sp³-hybridized carbons (Fsp3) is 0.611. The van der Waals surface area contributed by atoms with Crippen LogP contribution in [0.1, 0.15) is 46.1 Å². The van der Waals surface area contributed by atoms with Crippen LogP contribution in [0, 0.1) is 0 Å². The van der Waals surface area contributed by atoms with Gasteiger partial charge in [0.25, 0.3) is 0 Å². The molecule has 0 fully saturated rings. The van der Waals surface area contributed by atoms with Crippen molar-refractivity contribution < 1.29 is 4.74 Å². The first-order valence-corrected chi connectivity index (χ1v) is 8.19. The van der Waals surface area contributed by atoms with Crippen LogP contribution in [-0.4, -0.2) is 31.2 Å². The van der Waals surface area contributed by atoms with Crippen molar-refractivity contribution in [3.63, 3.8) is 0 Å². The summed E-state index contributed by atoms with van der Waals surface area (Å²) >= 11 is 0. The molecular formula is C18H31N3O. The third-order valence-corrected chi connectivity index (χ3v) is 2.92. The Bertz CT molecular complexity index is 424. The van der Waals surface area contributed by atoms with Gasteiger partial charge in [-0.1, -0.05) is 30.3 Å². The van der Waals surface area contributed by atoms with Crippen LogP contribution >= 0.6 is 0 Å². The van der Waals surface area contributed by atoms with Crippen molar-refractivity contribution in [3.05, 3.63) is 35.9 Å². The van der Waals surface area contributed by atoms with Gasteiger partial charge in [0.2, 0.25) is 0 Å². The Hall–Kier alpha value is -1.55. The molecule has 124 valence electrons. The highest BCUT2D eigenvalue weighted by Gasteiger charge is 2.11. The Labute approximate surface area is 135 Å². The standard InChI is InChI=1S/C18H31N3O/c1-5-19-17(21-18(2,3)4)20-13-9-10-14-22-15-16-11-7-6-8-12-16/h6-8,11-12H,5,9-10,13-15H2,1-4H3,(H2,19,20,21). The van der Waals surface area contributed by atoms with Gasteiger partial charge in [0, 0.05) is 25.2 Å². The molecule has 1 aromatic carbocycles. The van der Waals surface area contributed by atoms with Crippen molar-refractivity contribution >= 4 is 5.96 Å². The summed E-state index contributed by atoms with van der Waals surface area (Å²) in [5.74, 6) is 0.889. The summed E-state index contributed by atoms with van der Waals surface area (Å²) in [5.41, 5.74) is 1.25. The summed E-state index contributed by atoms with van der Waals surface area (Å²) in [6, 6.07) is 10.3. The average molecular weight is 305 g/mol. The molecule has 0 saturated heterocycles. The number of aliphatic imine (C=N–C) groups is 1. The summed E-state index contributed by atoms with van der Waals surface area (Å²) in [6.07, 6.45) is 2.07. The molecule has 0 heterocycles. The van der Waals surface area contributed by atoms with Gasteiger partial charge in [-0.05, 0) is 46.1 Å². The number of unbranched alkanes of at least 4 members (excludes halogenated alkanes) is 1. The number of guanidine groups is 1. The largest absolute Gasteiger partial charge is 0.377 e. The van der Waals surface area contributed by atoms with E-state index in [1.54, 1.807) is 0 Å². The van der Waals surface area contributed by atoms with Gasteiger partial charge >= 0.3 is 0 Å². The van der Waals surface area contributed by atoms with E-state index in [0.717, 1.165) is 38.5 Å². The SMILES string of the molecule is CCNC(=NCCCCOCc1ccccc1)NC(C)(C)C. The second-order valence-electron chi connectivity index (χ2n) is 6.38. The molecule has 0 unspecified atom stereocenters. The fourth-order valence-corrected chi connectivity index (χ4v) is 1.93. The molecule has 0 aliphatic rings. The quantitative estimate of drug-likeness (QED) is 0.440. The molecule has 0 spiro atoms. The normalized spacial score (nSPS) is 12.3. The lowest BCUT2D eigenvalue weighted by molar-refractivity contribution is 0.117. The van der Waals surface area contributed by atoms with E-state index in [4.69, 9.17) is 4.74 Å². The first-order valence-electron chi connectivity index (χ1n) is 8.19. The summed E-state index contributed by atoms with van der Waals surface area (Å²) in [6.45, 7) is 11.7. The number of hydrogen-bond donors (Lipinski definition) is 2. The lowest BCUT2D eigenvalue weighted by atomic mass is 10.1. The highest BCUT2D eigenvalue weighted by Crippen LogP contribution is 2.02. The third kappa shape index (κ3) is 9.40. The molecule has 0 radical (unpaired) electrons. The molecule has 1 rings (SSSR count). The highest BCUT2D eigenvalue weighted by molar-refractivity contribution is 5.80. The molecular weight excluding hydrogens is 274 g/mol. The number of rotatable bonds is 8. The summed E-state index contributed by atoms with van der Waals surface area (Å²) in [5, 5.41) is 6.66. The van der Waals surface area contributed by atoms with Gasteiger partial charge in [-0.2, -0.15) is 0 Å². The molecule has 2 N–H and O–H groups in total. The van der Waals surface area contributed by atoms with E-state index in [9.17, 15) is 0 Å². The summed E-state index contributed by atoms with van der Waals surface area (Å²) in [7, 11) is 0.